The van der Waals surface area contributed by atoms with Gasteiger partial charge in [0.25, 0.3) is 0 Å². The van der Waals surface area contributed by atoms with Crippen LogP contribution in [0, 0.1) is 23.7 Å². The number of hydrogen-bond acceptors (Lipinski definition) is 4. The number of halogens is 3. The van der Waals surface area contributed by atoms with Crippen molar-refractivity contribution in [1.82, 2.24) is 10.2 Å². The van der Waals surface area contributed by atoms with Gasteiger partial charge in [-0.15, -0.1) is 0 Å². The third-order valence-electron chi connectivity index (χ3n) is 7.43. The minimum absolute atomic E-state index is 0.101. The molecular weight excluding hydrogens is 469 g/mol. The van der Waals surface area contributed by atoms with E-state index >= 15 is 0 Å². The molecule has 0 aromatic heterocycles. The van der Waals surface area contributed by atoms with E-state index in [1.807, 2.05) is 36.1 Å². The van der Waals surface area contributed by atoms with E-state index in [4.69, 9.17) is 5.26 Å². The van der Waals surface area contributed by atoms with E-state index in [-0.39, 0.29) is 23.7 Å². The molecule has 0 aliphatic carbocycles. The summed E-state index contributed by atoms with van der Waals surface area (Å²) in [4.78, 5) is 29.5. The highest BCUT2D eigenvalue weighted by Gasteiger charge is 2.49. The fourth-order valence-corrected chi connectivity index (χ4v) is 5.48. The number of nitriles is 1. The zero-order valence-electron chi connectivity index (χ0n) is 20.4. The molecule has 2 amide bonds. The number of nitrogens with zero attached hydrogens (tertiary/aromatic N) is 3. The van der Waals surface area contributed by atoms with Crippen molar-refractivity contribution < 1.29 is 22.8 Å². The lowest BCUT2D eigenvalue weighted by molar-refractivity contribution is -0.138. The van der Waals surface area contributed by atoms with Crippen LogP contribution in [0.4, 0.5) is 18.9 Å². The van der Waals surface area contributed by atoms with E-state index < -0.39 is 23.3 Å². The normalized spacial score (nSPS) is 19.3. The molecule has 4 rings (SSSR count). The predicted octanol–water partition coefficient (Wildman–Crippen LogP) is 4.06. The van der Waals surface area contributed by atoms with Crippen molar-refractivity contribution in [3.05, 3.63) is 64.7 Å². The first-order valence-electron chi connectivity index (χ1n) is 12.0. The molecule has 2 fully saturated rings. The molecule has 1 atom stereocenters. The standard InChI is InChI=1S/C27H29F3N4O2/c1-18-4-3-5-19(12-18)13-24(35)34-17-26(15-23(34)25(36)32-2)8-10-33(11-9-26)21-7-6-20(16-31)22(14-21)27(28,29)30/h3-7,12,14,23H,8-11,13,15,17H2,1-2H3,(H,32,36). The molecule has 2 aromatic carbocycles. The van der Waals surface area contributed by atoms with E-state index in [1.54, 1.807) is 24.1 Å². The fourth-order valence-electron chi connectivity index (χ4n) is 5.48. The highest BCUT2D eigenvalue weighted by atomic mass is 19.4. The molecule has 1 unspecified atom stereocenters. The molecule has 0 saturated carbocycles. The summed E-state index contributed by atoms with van der Waals surface area (Å²) in [6.45, 7) is 3.42. The molecule has 2 heterocycles. The molecule has 1 spiro atoms. The average Bonchev–Trinajstić information content (AvgIpc) is 3.22. The second kappa shape index (κ2) is 9.84. The summed E-state index contributed by atoms with van der Waals surface area (Å²) in [5, 5.41) is 11.7. The summed E-state index contributed by atoms with van der Waals surface area (Å²) in [5.41, 5.74) is 0.778. The molecule has 0 radical (unpaired) electrons. The van der Waals surface area contributed by atoms with Gasteiger partial charge >= 0.3 is 6.18 Å². The van der Waals surface area contributed by atoms with Crippen LogP contribution in [0.3, 0.4) is 0 Å². The van der Waals surface area contributed by atoms with Crippen LogP contribution in [0.5, 0.6) is 0 Å². The Bertz CT molecular complexity index is 1200. The second-order valence-electron chi connectivity index (χ2n) is 9.85. The van der Waals surface area contributed by atoms with Gasteiger partial charge in [0.15, 0.2) is 0 Å². The maximum atomic E-state index is 13.4. The summed E-state index contributed by atoms with van der Waals surface area (Å²) in [6.07, 6.45) is -2.57. The van der Waals surface area contributed by atoms with Crippen LogP contribution in [0.1, 0.15) is 41.5 Å². The number of carbonyl (C=O) groups is 2. The summed E-state index contributed by atoms with van der Waals surface area (Å²) in [7, 11) is 1.56. The first-order chi connectivity index (χ1) is 17.0. The number of carbonyl (C=O) groups excluding carboxylic acids is 2. The number of anilines is 1. The van der Waals surface area contributed by atoms with E-state index in [1.165, 1.54) is 6.07 Å². The van der Waals surface area contributed by atoms with Crippen LogP contribution in [0.15, 0.2) is 42.5 Å². The van der Waals surface area contributed by atoms with Crippen molar-refractivity contribution >= 4 is 17.5 Å². The summed E-state index contributed by atoms with van der Waals surface area (Å²) in [5.74, 6) is -0.302. The molecular formula is C27H29F3N4O2. The largest absolute Gasteiger partial charge is 0.417 e. The molecule has 6 nitrogen and oxygen atoms in total. The SMILES string of the molecule is CNC(=O)C1CC2(CCN(c3ccc(C#N)c(C(F)(F)F)c3)CC2)CN1C(=O)Cc1cccc(C)c1. The van der Waals surface area contributed by atoms with Gasteiger partial charge in [-0.25, -0.2) is 0 Å². The minimum atomic E-state index is -4.61. The summed E-state index contributed by atoms with van der Waals surface area (Å²) >= 11 is 0. The summed E-state index contributed by atoms with van der Waals surface area (Å²) in [6, 6.07) is 12.6. The maximum Gasteiger partial charge on any atom is 0.417 e. The van der Waals surface area contributed by atoms with Gasteiger partial charge < -0.3 is 15.1 Å². The monoisotopic (exact) mass is 498 g/mol. The zero-order chi connectivity index (χ0) is 26.1. The number of benzene rings is 2. The van der Waals surface area contributed by atoms with Crippen LogP contribution in [-0.2, 0) is 22.2 Å². The van der Waals surface area contributed by atoms with Crippen molar-refractivity contribution in [1.29, 1.82) is 5.26 Å². The Morgan fingerprint density at radius 3 is 2.50 bits per heavy atom. The van der Waals surface area contributed by atoms with Gasteiger partial charge in [0, 0.05) is 32.4 Å². The molecule has 2 aromatic rings. The molecule has 2 saturated heterocycles. The molecule has 1 N–H and O–H groups in total. The van der Waals surface area contributed by atoms with E-state index in [0.717, 1.165) is 17.2 Å². The average molecular weight is 499 g/mol. The molecule has 0 bridgehead atoms. The van der Waals surface area contributed by atoms with Crippen molar-refractivity contribution in [2.75, 3.05) is 31.6 Å². The Hall–Kier alpha value is -3.54. The fraction of sp³-hybridized carbons (Fsp3) is 0.444. The van der Waals surface area contributed by atoms with Crippen LogP contribution < -0.4 is 10.2 Å². The number of amides is 2. The second-order valence-corrected chi connectivity index (χ2v) is 9.85. The summed E-state index contributed by atoms with van der Waals surface area (Å²) < 4.78 is 40.3. The predicted molar refractivity (Wildman–Crippen MR) is 129 cm³/mol. The molecule has 36 heavy (non-hydrogen) atoms. The van der Waals surface area contributed by atoms with Gasteiger partial charge in [-0.1, -0.05) is 29.8 Å². The van der Waals surface area contributed by atoms with Crippen LogP contribution in [0.2, 0.25) is 0 Å². The Morgan fingerprint density at radius 1 is 1.17 bits per heavy atom. The van der Waals surface area contributed by atoms with Crippen molar-refractivity contribution in [3.8, 4) is 6.07 Å². The van der Waals surface area contributed by atoms with E-state index in [0.29, 0.717) is 44.6 Å². The first-order valence-corrected chi connectivity index (χ1v) is 12.0. The number of rotatable bonds is 4. The van der Waals surface area contributed by atoms with Gasteiger partial charge in [0.05, 0.1) is 23.6 Å². The Balaban J connectivity index is 1.50. The molecule has 2 aliphatic rings. The number of nitrogens with one attached hydrogen (secondary N) is 1. The highest BCUT2D eigenvalue weighted by molar-refractivity contribution is 5.89. The third kappa shape index (κ3) is 5.18. The highest BCUT2D eigenvalue weighted by Crippen LogP contribution is 2.45. The number of hydrogen-bond donors (Lipinski definition) is 1. The van der Waals surface area contributed by atoms with Crippen LogP contribution in [0.25, 0.3) is 0 Å². The van der Waals surface area contributed by atoms with Crippen molar-refractivity contribution in [2.24, 2.45) is 5.41 Å². The van der Waals surface area contributed by atoms with Crippen LogP contribution in [-0.4, -0.2) is 49.4 Å². The molecule has 190 valence electrons. The number of piperidine rings is 1. The lowest BCUT2D eigenvalue weighted by Crippen LogP contribution is -2.45. The number of aryl methyl sites for hydroxylation is 1. The van der Waals surface area contributed by atoms with Crippen molar-refractivity contribution in [3.63, 3.8) is 0 Å². The quantitative estimate of drug-likeness (QED) is 0.690. The number of alkyl halides is 3. The zero-order valence-corrected chi connectivity index (χ0v) is 20.4. The Morgan fingerprint density at radius 2 is 1.89 bits per heavy atom. The Kier molecular flexibility index (Phi) is 6.98. The van der Waals surface area contributed by atoms with Gasteiger partial charge in [0.2, 0.25) is 11.8 Å². The van der Waals surface area contributed by atoms with E-state index in [9.17, 15) is 22.8 Å². The van der Waals surface area contributed by atoms with Gasteiger partial charge in [-0.3, -0.25) is 9.59 Å². The lowest BCUT2D eigenvalue weighted by atomic mass is 9.76. The third-order valence-corrected chi connectivity index (χ3v) is 7.43. The van der Waals surface area contributed by atoms with E-state index in [2.05, 4.69) is 5.32 Å². The molecule has 9 heteroatoms. The topological polar surface area (TPSA) is 76.4 Å². The van der Waals surface area contributed by atoms with Crippen LogP contribution >= 0.6 is 0 Å². The lowest BCUT2D eigenvalue weighted by Gasteiger charge is -2.40. The number of likely N-dealkylation sites (N-methyl/N-ethyl adjacent to an activating group) is 1. The van der Waals surface area contributed by atoms with Gasteiger partial charge in [-0.2, -0.15) is 18.4 Å². The molecule has 2 aliphatic heterocycles. The van der Waals surface area contributed by atoms with Gasteiger partial charge in [0.1, 0.15) is 6.04 Å². The van der Waals surface area contributed by atoms with Crippen molar-refractivity contribution in [2.45, 2.75) is 44.8 Å². The number of likely N-dealkylation sites (tertiary alicyclic amines) is 1. The van der Waals surface area contributed by atoms with Gasteiger partial charge in [-0.05, 0) is 55.4 Å². The smallest absolute Gasteiger partial charge is 0.371 e. The first kappa shape index (κ1) is 25.5. The maximum absolute atomic E-state index is 13.4. The Labute approximate surface area is 208 Å². The minimum Gasteiger partial charge on any atom is -0.371 e.